The normalized spacial score (nSPS) is 19.9. The highest BCUT2D eigenvalue weighted by Crippen LogP contribution is 2.28. The van der Waals surface area contributed by atoms with Gasteiger partial charge in [-0.1, -0.05) is 36.4 Å². The third-order valence-electron chi connectivity index (χ3n) is 3.05. The van der Waals surface area contributed by atoms with E-state index in [2.05, 4.69) is 0 Å². The number of nitrogens with zero attached hydrogens (tertiary/aromatic N) is 1. The van der Waals surface area contributed by atoms with Crippen LogP contribution in [0.2, 0.25) is 0 Å². The maximum absolute atomic E-state index is 12.1. The van der Waals surface area contributed by atoms with E-state index in [0.29, 0.717) is 5.57 Å². The number of cyclic esters (lactones) is 1. The molecule has 18 heavy (non-hydrogen) atoms. The number of hydrogen-bond acceptors (Lipinski definition) is 3. The van der Waals surface area contributed by atoms with Gasteiger partial charge in [-0.15, -0.1) is 0 Å². The zero-order chi connectivity index (χ0) is 13.1. The van der Waals surface area contributed by atoms with E-state index in [-0.39, 0.29) is 18.6 Å². The number of allylic oxidation sites excluding steroid dienone is 1. The predicted molar refractivity (Wildman–Crippen MR) is 66.8 cm³/mol. The third kappa shape index (κ3) is 2.14. The molecule has 1 saturated heterocycles. The Kier molecular flexibility index (Phi) is 3.46. The third-order valence-corrected chi connectivity index (χ3v) is 3.05. The molecule has 94 valence electrons. The molecule has 0 saturated carbocycles. The molecule has 1 unspecified atom stereocenters. The van der Waals surface area contributed by atoms with Crippen LogP contribution in [-0.4, -0.2) is 23.5 Å². The summed E-state index contributed by atoms with van der Waals surface area (Å²) >= 11 is 0. The molecule has 0 bridgehead atoms. The number of carbonyl (C=O) groups is 2. The fourth-order valence-electron chi connectivity index (χ4n) is 1.88. The summed E-state index contributed by atoms with van der Waals surface area (Å²) in [5, 5.41) is 0. The molecule has 4 heteroatoms. The summed E-state index contributed by atoms with van der Waals surface area (Å²) in [6.45, 7) is 3.67. The summed E-state index contributed by atoms with van der Waals surface area (Å²) in [7, 11) is 0. The van der Waals surface area contributed by atoms with E-state index in [1.54, 1.807) is 19.9 Å². The quantitative estimate of drug-likeness (QED) is 0.752. The number of benzene rings is 1. The van der Waals surface area contributed by atoms with Gasteiger partial charge in [0.25, 0.3) is 5.91 Å². The van der Waals surface area contributed by atoms with E-state index in [0.717, 1.165) is 5.56 Å². The van der Waals surface area contributed by atoms with Crippen LogP contribution in [0.25, 0.3) is 0 Å². The summed E-state index contributed by atoms with van der Waals surface area (Å²) in [6.07, 6.45) is 1.12. The Morgan fingerprint density at radius 1 is 1.39 bits per heavy atom. The first kappa shape index (κ1) is 12.4. The molecule has 0 aromatic heterocycles. The van der Waals surface area contributed by atoms with Gasteiger partial charge in [-0.3, -0.25) is 4.79 Å². The Morgan fingerprint density at radius 2 is 2.06 bits per heavy atom. The Balaban J connectivity index is 2.32. The number of amides is 2. The first-order valence-electron chi connectivity index (χ1n) is 5.83. The molecule has 1 heterocycles. The van der Waals surface area contributed by atoms with Gasteiger partial charge >= 0.3 is 6.09 Å². The van der Waals surface area contributed by atoms with Crippen LogP contribution in [0.3, 0.4) is 0 Å². The molecular weight excluding hydrogens is 230 g/mol. The van der Waals surface area contributed by atoms with Gasteiger partial charge in [0, 0.05) is 5.57 Å². The van der Waals surface area contributed by atoms with Crippen LogP contribution in [0.15, 0.2) is 42.0 Å². The van der Waals surface area contributed by atoms with Crippen molar-refractivity contribution in [3.63, 3.8) is 0 Å². The van der Waals surface area contributed by atoms with Crippen molar-refractivity contribution >= 4 is 12.0 Å². The lowest BCUT2D eigenvalue weighted by Gasteiger charge is -2.20. The van der Waals surface area contributed by atoms with Crippen LogP contribution in [0.4, 0.5) is 4.79 Å². The van der Waals surface area contributed by atoms with E-state index < -0.39 is 6.09 Å². The molecule has 0 radical (unpaired) electrons. The number of rotatable bonds is 2. The van der Waals surface area contributed by atoms with Crippen LogP contribution in [0.5, 0.6) is 0 Å². The van der Waals surface area contributed by atoms with Gasteiger partial charge in [0.05, 0.1) is 0 Å². The van der Waals surface area contributed by atoms with Gasteiger partial charge in [-0.2, -0.15) is 0 Å². The lowest BCUT2D eigenvalue weighted by Crippen LogP contribution is -2.34. The van der Waals surface area contributed by atoms with Crippen LogP contribution < -0.4 is 0 Å². The average Bonchev–Trinajstić information content (AvgIpc) is 2.80. The second kappa shape index (κ2) is 5.04. The monoisotopic (exact) mass is 245 g/mol. The molecule has 1 fully saturated rings. The maximum Gasteiger partial charge on any atom is 0.417 e. The molecule has 4 nitrogen and oxygen atoms in total. The van der Waals surface area contributed by atoms with E-state index in [1.165, 1.54) is 4.90 Å². The maximum atomic E-state index is 12.1. The minimum absolute atomic E-state index is 0.214. The van der Waals surface area contributed by atoms with Crippen molar-refractivity contribution in [3.8, 4) is 0 Å². The van der Waals surface area contributed by atoms with Crippen molar-refractivity contribution in [1.29, 1.82) is 0 Å². The van der Waals surface area contributed by atoms with E-state index in [9.17, 15) is 9.59 Å². The molecule has 1 aromatic carbocycles. The van der Waals surface area contributed by atoms with Crippen molar-refractivity contribution in [2.24, 2.45) is 0 Å². The highest BCUT2D eigenvalue weighted by Gasteiger charge is 2.38. The molecule has 1 aliphatic rings. The molecule has 1 aromatic rings. The second-order valence-corrected chi connectivity index (χ2v) is 4.15. The minimum atomic E-state index is -0.574. The van der Waals surface area contributed by atoms with E-state index in [4.69, 9.17) is 4.74 Å². The van der Waals surface area contributed by atoms with Crippen molar-refractivity contribution in [2.75, 3.05) is 6.61 Å². The number of ether oxygens (including phenoxy) is 1. The molecular formula is C14H15NO3. The topological polar surface area (TPSA) is 46.6 Å². The Hall–Kier alpha value is -2.10. The zero-order valence-electron chi connectivity index (χ0n) is 10.4. The van der Waals surface area contributed by atoms with Crippen molar-refractivity contribution in [2.45, 2.75) is 19.9 Å². The van der Waals surface area contributed by atoms with E-state index in [1.807, 2.05) is 30.3 Å². The summed E-state index contributed by atoms with van der Waals surface area (Å²) in [5.41, 5.74) is 1.44. The second-order valence-electron chi connectivity index (χ2n) is 4.15. The molecule has 2 rings (SSSR count). The summed E-state index contributed by atoms with van der Waals surface area (Å²) < 4.78 is 4.99. The van der Waals surface area contributed by atoms with Gasteiger partial charge in [-0.05, 0) is 19.4 Å². The van der Waals surface area contributed by atoms with Gasteiger partial charge < -0.3 is 4.74 Å². The Labute approximate surface area is 106 Å². The minimum Gasteiger partial charge on any atom is -0.446 e. The van der Waals surface area contributed by atoms with Crippen molar-refractivity contribution < 1.29 is 14.3 Å². The summed E-state index contributed by atoms with van der Waals surface area (Å²) in [5.74, 6) is -0.297. The van der Waals surface area contributed by atoms with Crippen LogP contribution in [0, 0.1) is 0 Å². The van der Waals surface area contributed by atoms with Crippen molar-refractivity contribution in [3.05, 3.63) is 47.5 Å². The number of carbonyl (C=O) groups excluding carboxylic acids is 2. The first-order chi connectivity index (χ1) is 8.65. The first-order valence-corrected chi connectivity index (χ1v) is 5.83. The molecule has 0 spiro atoms. The molecule has 1 atom stereocenters. The van der Waals surface area contributed by atoms with Gasteiger partial charge in [-0.25, -0.2) is 9.69 Å². The van der Waals surface area contributed by atoms with E-state index >= 15 is 0 Å². The standard InChI is InChI=1S/C14H15NO3/c1-3-10(2)13(16)15-12(9-18-14(15)17)11-7-5-4-6-8-11/h3-8,12H,9H2,1-2H3. The number of hydrogen-bond donors (Lipinski definition) is 0. The van der Waals surface area contributed by atoms with Crippen LogP contribution >= 0.6 is 0 Å². The Bertz CT molecular complexity index is 493. The lowest BCUT2D eigenvalue weighted by atomic mass is 10.1. The molecule has 0 N–H and O–H groups in total. The predicted octanol–water partition coefficient (Wildman–Crippen LogP) is 2.67. The fraction of sp³-hybridized carbons (Fsp3) is 0.286. The Morgan fingerprint density at radius 3 is 2.67 bits per heavy atom. The molecule has 1 aliphatic heterocycles. The highest BCUT2D eigenvalue weighted by molar-refractivity contribution is 6.03. The van der Waals surface area contributed by atoms with Gasteiger partial charge in [0.1, 0.15) is 12.6 Å². The van der Waals surface area contributed by atoms with Crippen molar-refractivity contribution in [1.82, 2.24) is 4.90 Å². The smallest absolute Gasteiger partial charge is 0.417 e. The molecule has 2 amide bonds. The van der Waals surface area contributed by atoms with Crippen LogP contribution in [0.1, 0.15) is 25.5 Å². The SMILES string of the molecule is CC=C(C)C(=O)N1C(=O)OCC1c1ccccc1. The zero-order valence-corrected chi connectivity index (χ0v) is 10.4. The summed E-state index contributed by atoms with van der Waals surface area (Å²) in [4.78, 5) is 25.0. The fourth-order valence-corrected chi connectivity index (χ4v) is 1.88. The van der Waals surface area contributed by atoms with Gasteiger partial charge in [0.15, 0.2) is 0 Å². The van der Waals surface area contributed by atoms with Gasteiger partial charge in [0.2, 0.25) is 0 Å². The average molecular weight is 245 g/mol. The summed E-state index contributed by atoms with van der Waals surface area (Å²) in [6, 6.07) is 9.09. The largest absolute Gasteiger partial charge is 0.446 e. The van der Waals surface area contributed by atoms with Crippen LogP contribution in [-0.2, 0) is 9.53 Å². The highest BCUT2D eigenvalue weighted by atomic mass is 16.6. The number of imide groups is 1. The molecule has 0 aliphatic carbocycles. The lowest BCUT2D eigenvalue weighted by molar-refractivity contribution is -0.125.